The van der Waals surface area contributed by atoms with Gasteiger partial charge in [-0.1, -0.05) is 43.6 Å². The number of nitrogens with zero attached hydrogens (tertiary/aromatic N) is 2. The summed E-state index contributed by atoms with van der Waals surface area (Å²) in [5.41, 5.74) is 3.01. The number of aliphatic hydroxyl groups is 1. The molecule has 2 aromatic carbocycles. The molecule has 4 rings (SSSR count). The van der Waals surface area contributed by atoms with Crippen molar-refractivity contribution in [3.8, 4) is 0 Å². The Bertz CT molecular complexity index is 1070. The molecular weight excluding hydrogens is 398 g/mol. The first kappa shape index (κ1) is 20.9. The number of aromatic nitrogens is 2. The second-order valence-corrected chi connectivity index (χ2v) is 9.37. The van der Waals surface area contributed by atoms with Crippen molar-refractivity contribution in [3.05, 3.63) is 64.3 Å². The molecule has 6 heteroatoms. The van der Waals surface area contributed by atoms with Crippen LogP contribution in [0.3, 0.4) is 0 Å². The van der Waals surface area contributed by atoms with Crippen LogP contribution in [0.4, 0.5) is 0 Å². The fourth-order valence-electron chi connectivity index (χ4n) is 4.70. The number of amides is 1. The minimum absolute atomic E-state index is 0.0962. The lowest BCUT2D eigenvalue weighted by Gasteiger charge is -2.43. The molecule has 0 radical (unpaired) electrons. The smallest absolute Gasteiger partial charge is 0.254 e. The van der Waals surface area contributed by atoms with Gasteiger partial charge in [0, 0.05) is 34.6 Å². The van der Waals surface area contributed by atoms with E-state index in [1.807, 2.05) is 48.2 Å². The van der Waals surface area contributed by atoms with Crippen molar-refractivity contribution in [1.29, 1.82) is 0 Å². The highest BCUT2D eigenvalue weighted by Crippen LogP contribution is 2.46. The molecule has 3 aromatic rings. The summed E-state index contributed by atoms with van der Waals surface area (Å²) in [5, 5.41) is 19.9. The Morgan fingerprint density at radius 3 is 2.67 bits per heavy atom. The molecule has 5 nitrogen and oxygen atoms in total. The molecule has 0 spiro atoms. The molecule has 1 saturated heterocycles. The van der Waals surface area contributed by atoms with Gasteiger partial charge in [-0.15, -0.1) is 0 Å². The quantitative estimate of drug-likeness (QED) is 0.608. The summed E-state index contributed by atoms with van der Waals surface area (Å²) < 4.78 is 0. The molecule has 2 heterocycles. The second kappa shape index (κ2) is 8.05. The number of aliphatic hydroxyl groups excluding tert-OH is 1. The van der Waals surface area contributed by atoms with Crippen LogP contribution in [-0.4, -0.2) is 39.2 Å². The molecule has 30 heavy (non-hydrogen) atoms. The Morgan fingerprint density at radius 2 is 1.97 bits per heavy atom. The molecule has 1 fully saturated rings. The van der Waals surface area contributed by atoms with Crippen LogP contribution >= 0.6 is 11.6 Å². The highest BCUT2D eigenvalue weighted by molar-refractivity contribution is 6.31. The minimum Gasteiger partial charge on any atom is -0.388 e. The number of hydrogen-bond donors (Lipinski definition) is 2. The maximum absolute atomic E-state index is 12.9. The fourth-order valence-corrected chi connectivity index (χ4v) is 4.93. The number of hydrogen-bond acceptors (Lipinski definition) is 3. The van der Waals surface area contributed by atoms with E-state index >= 15 is 0 Å². The average molecular weight is 426 g/mol. The number of piperidine rings is 1. The third kappa shape index (κ3) is 3.72. The zero-order valence-electron chi connectivity index (χ0n) is 17.7. The largest absolute Gasteiger partial charge is 0.388 e. The van der Waals surface area contributed by atoms with Crippen LogP contribution < -0.4 is 0 Å². The zero-order chi connectivity index (χ0) is 21.5. The standard InChI is InChI=1S/C24H28ClN3O2/c1-15-6-4-5-7-19(15)23(30)28-10-8-17(9-11-28)24(2,3)22(29)20-13-18(25)12-16-14-26-27-21(16)20/h4-7,12-14,17,22,29H,8-11H2,1-3H3,(H,26,27). The van der Waals surface area contributed by atoms with Gasteiger partial charge in [0.1, 0.15) is 0 Å². The van der Waals surface area contributed by atoms with Gasteiger partial charge < -0.3 is 10.0 Å². The van der Waals surface area contributed by atoms with Crippen molar-refractivity contribution >= 4 is 28.4 Å². The van der Waals surface area contributed by atoms with E-state index in [2.05, 4.69) is 24.0 Å². The third-order valence-corrected chi connectivity index (χ3v) is 6.97. The zero-order valence-corrected chi connectivity index (χ0v) is 18.4. The van der Waals surface area contributed by atoms with Crippen LogP contribution in [0, 0.1) is 18.3 Å². The van der Waals surface area contributed by atoms with Crippen LogP contribution in [0.25, 0.3) is 10.9 Å². The summed E-state index contributed by atoms with van der Waals surface area (Å²) in [5.74, 6) is 0.379. The van der Waals surface area contributed by atoms with Crippen molar-refractivity contribution in [2.45, 2.75) is 39.7 Å². The number of halogens is 1. The fraction of sp³-hybridized carbons (Fsp3) is 0.417. The van der Waals surface area contributed by atoms with Crippen molar-refractivity contribution in [2.24, 2.45) is 11.3 Å². The maximum Gasteiger partial charge on any atom is 0.254 e. The second-order valence-electron chi connectivity index (χ2n) is 8.93. The molecule has 0 saturated carbocycles. The Hall–Kier alpha value is -2.37. The molecule has 1 aliphatic heterocycles. The van der Waals surface area contributed by atoms with Gasteiger partial charge in [-0.25, -0.2) is 0 Å². The van der Waals surface area contributed by atoms with E-state index in [0.717, 1.165) is 40.4 Å². The number of likely N-dealkylation sites (tertiary alicyclic amines) is 1. The highest BCUT2D eigenvalue weighted by Gasteiger charge is 2.40. The first-order valence-electron chi connectivity index (χ1n) is 10.4. The lowest BCUT2D eigenvalue weighted by atomic mass is 9.68. The van der Waals surface area contributed by atoms with E-state index in [1.54, 1.807) is 6.20 Å². The minimum atomic E-state index is -0.692. The molecule has 0 aliphatic carbocycles. The number of fused-ring (bicyclic) bond motifs is 1. The van der Waals surface area contributed by atoms with Gasteiger partial charge in [0.05, 0.1) is 17.8 Å². The summed E-state index contributed by atoms with van der Waals surface area (Å²) in [6, 6.07) is 11.4. The monoisotopic (exact) mass is 425 g/mol. The number of carbonyl (C=O) groups is 1. The van der Waals surface area contributed by atoms with Gasteiger partial charge in [-0.3, -0.25) is 9.89 Å². The Morgan fingerprint density at radius 1 is 1.27 bits per heavy atom. The topological polar surface area (TPSA) is 69.2 Å². The van der Waals surface area contributed by atoms with Crippen molar-refractivity contribution in [1.82, 2.24) is 15.1 Å². The van der Waals surface area contributed by atoms with Gasteiger partial charge in [0.2, 0.25) is 0 Å². The van der Waals surface area contributed by atoms with Crippen LogP contribution in [0.5, 0.6) is 0 Å². The van der Waals surface area contributed by atoms with Gasteiger partial charge in [0.25, 0.3) is 5.91 Å². The maximum atomic E-state index is 12.9. The SMILES string of the molecule is Cc1ccccc1C(=O)N1CCC(C(C)(C)C(O)c2cc(Cl)cc3cn[nH]c23)CC1. The van der Waals surface area contributed by atoms with Gasteiger partial charge in [0.15, 0.2) is 0 Å². The predicted octanol–water partition coefficient (Wildman–Crippen LogP) is 5.14. The number of benzene rings is 2. The van der Waals surface area contributed by atoms with E-state index in [9.17, 15) is 9.90 Å². The molecule has 1 atom stereocenters. The summed E-state index contributed by atoms with van der Waals surface area (Å²) in [6.07, 6.45) is 2.74. The van der Waals surface area contributed by atoms with E-state index < -0.39 is 6.10 Å². The molecule has 1 amide bonds. The Labute approximate surface area is 182 Å². The van der Waals surface area contributed by atoms with Gasteiger partial charge in [-0.05, 0) is 54.9 Å². The Balaban J connectivity index is 1.50. The van der Waals surface area contributed by atoms with E-state index in [-0.39, 0.29) is 17.2 Å². The van der Waals surface area contributed by atoms with Gasteiger partial charge >= 0.3 is 0 Å². The molecule has 1 aromatic heterocycles. The van der Waals surface area contributed by atoms with Crippen LogP contribution in [0.15, 0.2) is 42.6 Å². The summed E-state index contributed by atoms with van der Waals surface area (Å²) in [7, 11) is 0. The van der Waals surface area contributed by atoms with Crippen LogP contribution in [0.1, 0.15) is 54.3 Å². The molecular formula is C24H28ClN3O2. The van der Waals surface area contributed by atoms with Crippen molar-refractivity contribution < 1.29 is 9.90 Å². The highest BCUT2D eigenvalue weighted by atomic mass is 35.5. The Kier molecular flexibility index (Phi) is 5.60. The first-order chi connectivity index (χ1) is 14.3. The number of nitrogens with one attached hydrogen (secondary N) is 1. The van der Waals surface area contributed by atoms with E-state index in [4.69, 9.17) is 11.6 Å². The summed E-state index contributed by atoms with van der Waals surface area (Å²) in [6.45, 7) is 7.57. The molecule has 2 N–H and O–H groups in total. The van der Waals surface area contributed by atoms with Crippen molar-refractivity contribution in [2.75, 3.05) is 13.1 Å². The van der Waals surface area contributed by atoms with Crippen LogP contribution in [0.2, 0.25) is 5.02 Å². The van der Waals surface area contributed by atoms with Gasteiger partial charge in [-0.2, -0.15) is 5.10 Å². The average Bonchev–Trinajstić information content (AvgIpc) is 3.21. The summed E-state index contributed by atoms with van der Waals surface area (Å²) >= 11 is 6.29. The normalized spacial score (nSPS) is 16.8. The number of aromatic amines is 1. The van der Waals surface area contributed by atoms with E-state index in [1.165, 1.54) is 0 Å². The third-order valence-electron chi connectivity index (χ3n) is 6.75. The molecule has 1 aliphatic rings. The molecule has 1 unspecified atom stereocenters. The van der Waals surface area contributed by atoms with E-state index in [0.29, 0.717) is 18.1 Å². The number of aryl methyl sites for hydroxylation is 1. The van der Waals surface area contributed by atoms with Crippen LogP contribution in [-0.2, 0) is 0 Å². The lowest BCUT2D eigenvalue weighted by Crippen LogP contribution is -2.43. The predicted molar refractivity (Wildman–Crippen MR) is 120 cm³/mol. The molecule has 158 valence electrons. The number of H-pyrrole nitrogens is 1. The lowest BCUT2D eigenvalue weighted by molar-refractivity contribution is -0.0165. The number of rotatable bonds is 4. The summed E-state index contributed by atoms with van der Waals surface area (Å²) in [4.78, 5) is 14.9. The van der Waals surface area contributed by atoms with Crippen molar-refractivity contribution in [3.63, 3.8) is 0 Å². The number of carbonyl (C=O) groups excluding carboxylic acids is 1. The molecule has 0 bridgehead atoms. The first-order valence-corrected chi connectivity index (χ1v) is 10.8.